The van der Waals surface area contributed by atoms with Crippen LogP contribution in [0.5, 0.6) is 0 Å². The minimum atomic E-state index is -3.39. The Morgan fingerprint density at radius 2 is 2.00 bits per heavy atom. The number of hydrogen-bond donors (Lipinski definition) is 2. The number of hydrogen-bond acceptors (Lipinski definition) is 4. The number of nitrogens with two attached hydrogens (primary N) is 1. The number of piperidine rings is 1. The standard InChI is InChI=1S/C10H16N4O2S/c11-7-3-8-1-2-9(4-7)14(8)17(15,16)10-5-12-13-6-10/h5-9H,1-4,11H2,(H,12,13). The van der Waals surface area contributed by atoms with Crippen molar-refractivity contribution in [2.24, 2.45) is 5.73 Å². The highest BCUT2D eigenvalue weighted by atomic mass is 32.2. The van der Waals surface area contributed by atoms with Crippen molar-refractivity contribution in [2.45, 2.75) is 48.7 Å². The van der Waals surface area contributed by atoms with Crippen LogP contribution in [0.2, 0.25) is 0 Å². The maximum Gasteiger partial charge on any atom is 0.246 e. The lowest BCUT2D eigenvalue weighted by Crippen LogP contribution is -2.49. The number of nitrogens with one attached hydrogen (secondary N) is 1. The zero-order valence-corrected chi connectivity index (χ0v) is 10.2. The van der Waals surface area contributed by atoms with Gasteiger partial charge in [-0.3, -0.25) is 5.10 Å². The second-order valence-electron chi connectivity index (χ2n) is 4.89. The number of fused-ring (bicyclic) bond motifs is 2. The number of sulfonamides is 1. The van der Waals surface area contributed by atoms with Gasteiger partial charge in [0.1, 0.15) is 4.90 Å². The van der Waals surface area contributed by atoms with Crippen molar-refractivity contribution < 1.29 is 8.42 Å². The summed E-state index contributed by atoms with van der Waals surface area (Å²) in [4.78, 5) is 0.255. The van der Waals surface area contributed by atoms with Crippen molar-refractivity contribution in [1.82, 2.24) is 14.5 Å². The van der Waals surface area contributed by atoms with E-state index in [-0.39, 0.29) is 23.0 Å². The third-order valence-electron chi connectivity index (χ3n) is 3.75. The first-order chi connectivity index (χ1) is 8.09. The van der Waals surface area contributed by atoms with Gasteiger partial charge >= 0.3 is 0 Å². The van der Waals surface area contributed by atoms with Crippen molar-refractivity contribution in [3.8, 4) is 0 Å². The molecular formula is C10H16N4O2S. The number of aromatic nitrogens is 2. The fraction of sp³-hybridized carbons (Fsp3) is 0.700. The van der Waals surface area contributed by atoms with Gasteiger partial charge in [-0.1, -0.05) is 0 Å². The van der Waals surface area contributed by atoms with E-state index >= 15 is 0 Å². The highest BCUT2D eigenvalue weighted by Crippen LogP contribution is 2.38. The summed E-state index contributed by atoms with van der Waals surface area (Å²) in [5.74, 6) is 0. The van der Waals surface area contributed by atoms with Gasteiger partial charge in [-0.15, -0.1) is 0 Å². The molecule has 2 aliphatic rings. The Hall–Kier alpha value is -0.920. The normalized spacial score (nSPS) is 34.1. The molecule has 2 unspecified atom stereocenters. The molecule has 0 spiro atoms. The van der Waals surface area contributed by atoms with E-state index in [2.05, 4.69) is 10.2 Å². The summed E-state index contributed by atoms with van der Waals surface area (Å²) in [5, 5.41) is 6.27. The number of rotatable bonds is 2. The summed E-state index contributed by atoms with van der Waals surface area (Å²) in [7, 11) is -3.39. The average Bonchev–Trinajstić information content (AvgIpc) is 2.86. The van der Waals surface area contributed by atoms with Gasteiger partial charge in [-0.2, -0.15) is 9.40 Å². The summed E-state index contributed by atoms with van der Waals surface area (Å²) in [6, 6.07) is 0.288. The molecule has 6 nitrogen and oxygen atoms in total. The third kappa shape index (κ3) is 1.69. The van der Waals surface area contributed by atoms with E-state index in [1.807, 2.05) is 0 Å². The second kappa shape index (κ2) is 3.79. The molecule has 2 aliphatic heterocycles. The first-order valence-electron chi connectivity index (χ1n) is 5.87. The Morgan fingerprint density at radius 3 is 2.53 bits per heavy atom. The van der Waals surface area contributed by atoms with Gasteiger partial charge in [0.05, 0.1) is 6.20 Å². The zero-order chi connectivity index (χ0) is 12.0. The van der Waals surface area contributed by atoms with Gasteiger partial charge in [0.15, 0.2) is 0 Å². The van der Waals surface area contributed by atoms with Crippen LogP contribution in [0.1, 0.15) is 25.7 Å². The Labute approximate surface area is 100 Å². The first kappa shape index (κ1) is 11.2. The van der Waals surface area contributed by atoms with Crippen LogP contribution in [0.25, 0.3) is 0 Å². The molecule has 0 radical (unpaired) electrons. The van der Waals surface area contributed by atoms with E-state index in [1.54, 1.807) is 4.31 Å². The molecular weight excluding hydrogens is 240 g/mol. The fourth-order valence-electron chi connectivity index (χ4n) is 3.07. The molecule has 1 aromatic rings. The predicted molar refractivity (Wildman–Crippen MR) is 61.6 cm³/mol. The number of H-pyrrole nitrogens is 1. The Morgan fingerprint density at radius 1 is 1.35 bits per heavy atom. The molecule has 94 valence electrons. The van der Waals surface area contributed by atoms with Crippen LogP contribution in [0, 0.1) is 0 Å². The maximum atomic E-state index is 12.4. The number of nitrogens with zero attached hydrogens (tertiary/aromatic N) is 2. The van der Waals surface area contributed by atoms with Crippen LogP contribution in [0.3, 0.4) is 0 Å². The monoisotopic (exact) mass is 256 g/mol. The maximum absolute atomic E-state index is 12.4. The summed E-state index contributed by atoms with van der Waals surface area (Å²) in [5.41, 5.74) is 5.94. The van der Waals surface area contributed by atoms with Crippen LogP contribution in [0.4, 0.5) is 0 Å². The van der Waals surface area contributed by atoms with Crippen LogP contribution >= 0.6 is 0 Å². The molecule has 3 N–H and O–H groups in total. The van der Waals surface area contributed by atoms with Crippen LogP contribution < -0.4 is 5.73 Å². The van der Waals surface area contributed by atoms with Crippen molar-refractivity contribution >= 4 is 10.0 Å². The lowest BCUT2D eigenvalue weighted by Gasteiger charge is -2.36. The molecule has 1 aromatic heterocycles. The second-order valence-corrected chi connectivity index (χ2v) is 6.73. The van der Waals surface area contributed by atoms with E-state index < -0.39 is 10.0 Å². The highest BCUT2D eigenvalue weighted by molar-refractivity contribution is 7.89. The Balaban J connectivity index is 1.96. The molecule has 3 rings (SSSR count). The molecule has 0 aromatic carbocycles. The van der Waals surface area contributed by atoms with Gasteiger partial charge in [0, 0.05) is 24.3 Å². The van der Waals surface area contributed by atoms with Gasteiger partial charge in [0.2, 0.25) is 10.0 Å². The van der Waals surface area contributed by atoms with Crippen LogP contribution in [-0.2, 0) is 10.0 Å². The van der Waals surface area contributed by atoms with E-state index in [1.165, 1.54) is 12.4 Å². The van der Waals surface area contributed by atoms with Gasteiger partial charge < -0.3 is 5.73 Å². The van der Waals surface area contributed by atoms with Crippen molar-refractivity contribution in [3.63, 3.8) is 0 Å². The third-order valence-corrected chi connectivity index (χ3v) is 5.72. The zero-order valence-electron chi connectivity index (χ0n) is 9.41. The van der Waals surface area contributed by atoms with Crippen molar-refractivity contribution in [3.05, 3.63) is 12.4 Å². The first-order valence-corrected chi connectivity index (χ1v) is 7.31. The summed E-state index contributed by atoms with van der Waals surface area (Å²) in [6.45, 7) is 0. The van der Waals surface area contributed by atoms with Crippen molar-refractivity contribution in [2.75, 3.05) is 0 Å². The topological polar surface area (TPSA) is 92.1 Å². The summed E-state index contributed by atoms with van der Waals surface area (Å²) in [6.07, 6.45) is 6.19. The quantitative estimate of drug-likeness (QED) is 0.782. The fourth-order valence-corrected chi connectivity index (χ4v) is 4.87. The Bertz CT molecular complexity index is 484. The summed E-state index contributed by atoms with van der Waals surface area (Å²) < 4.78 is 26.5. The molecule has 17 heavy (non-hydrogen) atoms. The Kier molecular flexibility index (Phi) is 2.49. The van der Waals surface area contributed by atoms with E-state index in [4.69, 9.17) is 5.73 Å². The molecule has 0 aliphatic carbocycles. The minimum Gasteiger partial charge on any atom is -0.328 e. The largest absolute Gasteiger partial charge is 0.328 e. The molecule has 7 heteroatoms. The lowest BCUT2D eigenvalue weighted by atomic mass is 10.0. The SMILES string of the molecule is NC1CC2CCC(C1)N2S(=O)(=O)c1cn[nH]c1. The minimum absolute atomic E-state index is 0.0728. The van der Waals surface area contributed by atoms with E-state index in [9.17, 15) is 8.42 Å². The smallest absolute Gasteiger partial charge is 0.246 e. The van der Waals surface area contributed by atoms with E-state index in [0.29, 0.717) is 0 Å². The molecule has 0 amide bonds. The van der Waals surface area contributed by atoms with Gasteiger partial charge in [-0.25, -0.2) is 8.42 Å². The molecule has 2 bridgehead atoms. The molecule has 2 atom stereocenters. The molecule has 2 fully saturated rings. The number of aromatic amines is 1. The highest BCUT2D eigenvalue weighted by Gasteiger charge is 2.46. The lowest BCUT2D eigenvalue weighted by molar-refractivity contribution is 0.227. The van der Waals surface area contributed by atoms with Gasteiger partial charge in [0.25, 0.3) is 0 Å². The van der Waals surface area contributed by atoms with Crippen LogP contribution in [0.15, 0.2) is 17.3 Å². The van der Waals surface area contributed by atoms with Crippen LogP contribution in [-0.4, -0.2) is 41.0 Å². The van der Waals surface area contributed by atoms with Crippen molar-refractivity contribution in [1.29, 1.82) is 0 Å². The van der Waals surface area contributed by atoms with E-state index in [0.717, 1.165) is 25.7 Å². The molecule has 0 saturated carbocycles. The predicted octanol–water partition coefficient (Wildman–Crippen LogP) is 0.0525. The molecule has 2 saturated heterocycles. The van der Waals surface area contributed by atoms with Gasteiger partial charge in [-0.05, 0) is 25.7 Å². The summed E-state index contributed by atoms with van der Waals surface area (Å²) >= 11 is 0. The average molecular weight is 256 g/mol. The molecule has 3 heterocycles.